The molecule has 5 aromatic rings. The Morgan fingerprint density at radius 2 is 1.85 bits per heavy atom. The van der Waals surface area contributed by atoms with Gasteiger partial charge in [0.2, 0.25) is 0 Å². The summed E-state index contributed by atoms with van der Waals surface area (Å²) in [6, 6.07) is 20.7. The van der Waals surface area contributed by atoms with E-state index in [4.69, 9.17) is 9.40 Å². The highest BCUT2D eigenvalue weighted by Crippen LogP contribution is 2.32. The van der Waals surface area contributed by atoms with Crippen molar-refractivity contribution in [2.75, 3.05) is 7.05 Å². The minimum Gasteiger partial charge on any atom is -0.463 e. The van der Waals surface area contributed by atoms with Crippen molar-refractivity contribution in [1.82, 2.24) is 24.6 Å². The van der Waals surface area contributed by atoms with Crippen molar-refractivity contribution < 1.29 is 9.21 Å². The molecule has 7 nitrogen and oxygen atoms in total. The smallest absolute Gasteiger partial charge is 0.255 e. The zero-order valence-electron chi connectivity index (χ0n) is 18.6. The van der Waals surface area contributed by atoms with Crippen molar-refractivity contribution in [3.05, 3.63) is 102 Å². The summed E-state index contributed by atoms with van der Waals surface area (Å²) in [7, 11) is 3.63. The van der Waals surface area contributed by atoms with Crippen LogP contribution in [0.4, 0.5) is 0 Å². The first-order valence-electron chi connectivity index (χ1n) is 10.7. The molecular weight excluding hydrogens is 414 g/mol. The van der Waals surface area contributed by atoms with Crippen LogP contribution in [0.3, 0.4) is 0 Å². The molecule has 0 aliphatic carbocycles. The second-order valence-corrected chi connectivity index (χ2v) is 7.92. The van der Waals surface area contributed by atoms with Gasteiger partial charge in [-0.05, 0) is 42.8 Å². The standard InChI is InChI=1S/C26H23N5O2/c1-17-23-19(16-21(22-13-9-15-33-22)28-25(23)31(3)29-17)26(32)30(2)24(18-10-5-4-6-11-18)20-12-7-8-14-27-20/h4-16,24H,1-3H3/t24-/m0/s1. The van der Waals surface area contributed by atoms with Crippen molar-refractivity contribution in [1.29, 1.82) is 0 Å². The molecule has 164 valence electrons. The van der Waals surface area contributed by atoms with Gasteiger partial charge in [-0.3, -0.25) is 14.5 Å². The highest BCUT2D eigenvalue weighted by molar-refractivity contribution is 6.07. The Bertz CT molecular complexity index is 1370. The summed E-state index contributed by atoms with van der Waals surface area (Å²) in [5.41, 5.74) is 4.26. The third-order valence-corrected chi connectivity index (χ3v) is 5.76. The number of benzene rings is 1. The average Bonchev–Trinajstić information content (AvgIpc) is 3.48. The van der Waals surface area contributed by atoms with E-state index in [0.29, 0.717) is 22.7 Å². The Balaban J connectivity index is 1.67. The molecule has 33 heavy (non-hydrogen) atoms. The molecule has 0 radical (unpaired) electrons. The van der Waals surface area contributed by atoms with Gasteiger partial charge in [0, 0.05) is 20.3 Å². The topological polar surface area (TPSA) is 77.0 Å². The van der Waals surface area contributed by atoms with Crippen LogP contribution < -0.4 is 0 Å². The van der Waals surface area contributed by atoms with Crippen molar-refractivity contribution in [3.63, 3.8) is 0 Å². The maximum atomic E-state index is 14.0. The van der Waals surface area contributed by atoms with Crippen LogP contribution in [-0.2, 0) is 7.05 Å². The van der Waals surface area contributed by atoms with Gasteiger partial charge >= 0.3 is 0 Å². The lowest BCUT2D eigenvalue weighted by Crippen LogP contribution is -2.32. The van der Waals surface area contributed by atoms with E-state index in [9.17, 15) is 4.79 Å². The maximum Gasteiger partial charge on any atom is 0.255 e. The Morgan fingerprint density at radius 1 is 1.06 bits per heavy atom. The van der Waals surface area contributed by atoms with Crippen LogP contribution in [0.2, 0.25) is 0 Å². The number of hydrogen-bond donors (Lipinski definition) is 0. The van der Waals surface area contributed by atoms with E-state index in [1.54, 1.807) is 41.2 Å². The van der Waals surface area contributed by atoms with Crippen LogP contribution in [0.15, 0.2) is 83.6 Å². The van der Waals surface area contributed by atoms with E-state index >= 15 is 0 Å². The summed E-state index contributed by atoms with van der Waals surface area (Å²) in [5.74, 6) is 0.447. The SMILES string of the molecule is Cc1nn(C)c2nc(-c3ccco3)cc(C(=O)N(C)[C@@H](c3ccccc3)c3ccccn3)c12. The van der Waals surface area contributed by atoms with Crippen LogP contribution in [0.5, 0.6) is 0 Å². The minimum absolute atomic E-state index is 0.147. The molecule has 0 aliphatic heterocycles. The lowest BCUT2D eigenvalue weighted by atomic mass is 10.00. The van der Waals surface area contributed by atoms with Gasteiger partial charge in [-0.25, -0.2) is 4.98 Å². The predicted molar refractivity (Wildman–Crippen MR) is 126 cm³/mol. The van der Waals surface area contributed by atoms with Gasteiger partial charge in [0.1, 0.15) is 5.69 Å². The fourth-order valence-corrected chi connectivity index (χ4v) is 4.24. The van der Waals surface area contributed by atoms with Crippen LogP contribution in [0, 0.1) is 6.92 Å². The number of carbonyl (C=O) groups excluding carboxylic acids is 1. The Morgan fingerprint density at radius 3 is 2.55 bits per heavy atom. The normalized spacial score (nSPS) is 12.1. The predicted octanol–water partition coefficient (Wildman–Crippen LogP) is 4.79. The summed E-state index contributed by atoms with van der Waals surface area (Å²) >= 11 is 0. The van der Waals surface area contributed by atoms with Crippen LogP contribution in [0.25, 0.3) is 22.5 Å². The summed E-state index contributed by atoms with van der Waals surface area (Å²) in [4.78, 5) is 25.0. The van der Waals surface area contributed by atoms with E-state index < -0.39 is 0 Å². The number of amides is 1. The Labute approximate surface area is 191 Å². The molecule has 0 spiro atoms. The van der Waals surface area contributed by atoms with Gasteiger partial charge in [-0.1, -0.05) is 36.4 Å². The second-order valence-electron chi connectivity index (χ2n) is 7.92. The molecule has 4 aromatic heterocycles. The molecule has 0 N–H and O–H groups in total. The molecule has 0 bridgehead atoms. The second kappa shape index (κ2) is 8.35. The van der Waals surface area contributed by atoms with Crippen molar-refractivity contribution in [2.45, 2.75) is 13.0 Å². The quantitative estimate of drug-likeness (QED) is 0.395. The third kappa shape index (κ3) is 3.67. The third-order valence-electron chi connectivity index (χ3n) is 5.76. The van der Waals surface area contributed by atoms with Gasteiger partial charge in [-0.15, -0.1) is 0 Å². The fourth-order valence-electron chi connectivity index (χ4n) is 4.24. The van der Waals surface area contributed by atoms with Crippen LogP contribution >= 0.6 is 0 Å². The first-order valence-corrected chi connectivity index (χ1v) is 10.7. The van der Waals surface area contributed by atoms with E-state index in [-0.39, 0.29) is 11.9 Å². The van der Waals surface area contributed by atoms with E-state index in [1.165, 1.54) is 0 Å². The van der Waals surface area contributed by atoms with Gasteiger partial charge in [0.25, 0.3) is 5.91 Å². The molecule has 7 heteroatoms. The van der Waals surface area contributed by atoms with Crippen LogP contribution in [-0.4, -0.2) is 37.6 Å². The van der Waals surface area contributed by atoms with Crippen molar-refractivity contribution in [3.8, 4) is 11.5 Å². The molecule has 0 saturated carbocycles. The van der Waals surface area contributed by atoms with Gasteiger partial charge in [0.05, 0.1) is 34.6 Å². The van der Waals surface area contributed by atoms with E-state index in [0.717, 1.165) is 22.3 Å². The molecule has 1 amide bonds. The Hall–Kier alpha value is -4.26. The molecule has 4 heterocycles. The van der Waals surface area contributed by atoms with Gasteiger partial charge in [0.15, 0.2) is 11.4 Å². The molecule has 0 fully saturated rings. The molecule has 1 atom stereocenters. The summed E-state index contributed by atoms with van der Waals surface area (Å²) in [6.45, 7) is 1.89. The lowest BCUT2D eigenvalue weighted by Gasteiger charge is -2.28. The number of furan rings is 1. The molecule has 5 rings (SSSR count). The number of aryl methyl sites for hydroxylation is 2. The molecular formula is C26H23N5O2. The number of pyridine rings is 2. The number of fused-ring (bicyclic) bond motifs is 1. The zero-order valence-corrected chi connectivity index (χ0v) is 18.6. The number of carbonyl (C=O) groups is 1. The van der Waals surface area contributed by atoms with Gasteiger partial charge < -0.3 is 9.32 Å². The number of nitrogens with zero attached hydrogens (tertiary/aromatic N) is 5. The largest absolute Gasteiger partial charge is 0.463 e. The molecule has 0 unspecified atom stereocenters. The fraction of sp³-hybridized carbons (Fsp3) is 0.154. The number of hydrogen-bond acceptors (Lipinski definition) is 5. The summed E-state index contributed by atoms with van der Waals surface area (Å²) in [6.07, 6.45) is 3.34. The Kier molecular flexibility index (Phi) is 5.22. The summed E-state index contributed by atoms with van der Waals surface area (Å²) in [5, 5.41) is 5.25. The lowest BCUT2D eigenvalue weighted by molar-refractivity contribution is 0.0754. The van der Waals surface area contributed by atoms with Crippen molar-refractivity contribution in [2.24, 2.45) is 7.05 Å². The first-order chi connectivity index (χ1) is 16.0. The number of aromatic nitrogens is 4. The van der Waals surface area contributed by atoms with Crippen LogP contribution in [0.1, 0.15) is 33.4 Å². The minimum atomic E-state index is -0.354. The monoisotopic (exact) mass is 437 g/mol. The van der Waals surface area contributed by atoms with Gasteiger partial charge in [-0.2, -0.15) is 5.10 Å². The average molecular weight is 438 g/mol. The molecule has 0 saturated heterocycles. The highest BCUT2D eigenvalue weighted by atomic mass is 16.3. The number of rotatable bonds is 5. The maximum absolute atomic E-state index is 14.0. The highest BCUT2D eigenvalue weighted by Gasteiger charge is 2.28. The first kappa shape index (κ1) is 20.6. The summed E-state index contributed by atoms with van der Waals surface area (Å²) < 4.78 is 7.27. The zero-order chi connectivity index (χ0) is 22.9. The van der Waals surface area contributed by atoms with E-state index in [1.807, 2.05) is 68.6 Å². The van der Waals surface area contributed by atoms with E-state index in [2.05, 4.69) is 10.1 Å². The molecule has 1 aromatic carbocycles. The molecule has 0 aliphatic rings. The van der Waals surface area contributed by atoms with Crippen molar-refractivity contribution >= 4 is 16.9 Å².